The van der Waals surface area contributed by atoms with Crippen LogP contribution in [-0.2, 0) is 13.0 Å². The molecule has 0 unspecified atom stereocenters. The predicted octanol–water partition coefficient (Wildman–Crippen LogP) is 6.19. The van der Waals surface area contributed by atoms with Gasteiger partial charge in [-0.3, -0.25) is 4.90 Å². The fraction of sp³-hybridized carbons (Fsp3) is 0.500. The van der Waals surface area contributed by atoms with E-state index in [4.69, 9.17) is 5.26 Å². The molecule has 1 saturated heterocycles. The summed E-state index contributed by atoms with van der Waals surface area (Å²) in [4.78, 5) is 14.4. The molecule has 0 saturated carbocycles. The van der Waals surface area contributed by atoms with Crippen molar-refractivity contribution in [2.24, 2.45) is 5.92 Å². The maximum atomic E-state index is 13.0. The summed E-state index contributed by atoms with van der Waals surface area (Å²) in [5.41, 5.74) is 1.89. The van der Waals surface area contributed by atoms with Gasteiger partial charge < -0.3 is 4.90 Å². The zero-order valence-electron chi connectivity index (χ0n) is 19.9. The van der Waals surface area contributed by atoms with E-state index in [0.29, 0.717) is 16.3 Å². The molecule has 5 nitrogen and oxygen atoms in total. The molecule has 0 radical (unpaired) electrons. The Labute approximate surface area is 208 Å². The topological polar surface area (TPSA) is 56.0 Å². The minimum atomic E-state index is -4.23. The van der Waals surface area contributed by atoms with Crippen LogP contribution in [0, 0.1) is 17.2 Å². The van der Waals surface area contributed by atoms with Crippen LogP contribution < -0.4 is 4.90 Å². The van der Waals surface area contributed by atoms with Crippen LogP contribution in [0.2, 0.25) is 0 Å². The van der Waals surface area contributed by atoms with Crippen molar-refractivity contribution >= 4 is 27.4 Å². The van der Waals surface area contributed by atoms with Gasteiger partial charge in [0.2, 0.25) is 0 Å². The molecule has 9 heteroatoms. The lowest BCUT2D eigenvalue weighted by Gasteiger charge is -2.35. The Morgan fingerprint density at radius 2 is 1.91 bits per heavy atom. The van der Waals surface area contributed by atoms with Gasteiger partial charge in [-0.2, -0.15) is 18.4 Å². The Bertz CT molecular complexity index is 1140. The van der Waals surface area contributed by atoms with Gasteiger partial charge in [-0.25, -0.2) is 9.97 Å². The number of unbranched alkanes of at least 4 members (excludes halogenated alkanes) is 1. The van der Waals surface area contributed by atoms with E-state index < -0.39 is 12.6 Å². The highest BCUT2D eigenvalue weighted by molar-refractivity contribution is 7.18. The predicted molar refractivity (Wildman–Crippen MR) is 133 cm³/mol. The van der Waals surface area contributed by atoms with Crippen LogP contribution in [0.5, 0.6) is 0 Å². The van der Waals surface area contributed by atoms with Gasteiger partial charge in [-0.05, 0) is 62.0 Å². The van der Waals surface area contributed by atoms with E-state index in [1.165, 1.54) is 11.9 Å². The summed E-state index contributed by atoms with van der Waals surface area (Å²) in [6.07, 6.45) is 0.485. The molecular weight excluding hydrogens is 471 g/mol. The molecular formula is C26H30F3N5S. The summed E-state index contributed by atoms with van der Waals surface area (Å²) in [5.74, 6) is 1.26. The second-order valence-corrected chi connectivity index (χ2v) is 10.4. The minimum Gasteiger partial charge on any atom is -0.356 e. The van der Waals surface area contributed by atoms with Crippen molar-refractivity contribution in [1.82, 2.24) is 14.9 Å². The van der Waals surface area contributed by atoms with Crippen LogP contribution in [0.25, 0.3) is 10.2 Å². The molecule has 1 aliphatic rings. The van der Waals surface area contributed by atoms with E-state index in [1.54, 1.807) is 6.07 Å². The maximum absolute atomic E-state index is 13.0. The normalized spacial score (nSPS) is 15.4. The number of aromatic nitrogens is 2. The fourth-order valence-corrected chi connectivity index (χ4v) is 5.66. The SMILES string of the molecule is CCCCN(CC1CCN(Cc2ccc(C#N)cc2)CC1)c1ncnc2sc(CC(F)(F)F)cc12. The summed E-state index contributed by atoms with van der Waals surface area (Å²) in [6.45, 7) is 6.70. The molecule has 0 aliphatic carbocycles. The highest BCUT2D eigenvalue weighted by Crippen LogP contribution is 2.34. The number of rotatable bonds is 9. The number of alkyl halides is 3. The number of nitriles is 1. The lowest BCUT2D eigenvalue weighted by atomic mass is 9.95. The van der Waals surface area contributed by atoms with Gasteiger partial charge in [0.05, 0.1) is 23.4 Å². The monoisotopic (exact) mass is 501 g/mol. The Hall–Kier alpha value is -2.70. The van der Waals surface area contributed by atoms with Gasteiger partial charge in [-0.15, -0.1) is 11.3 Å². The largest absolute Gasteiger partial charge is 0.393 e. The lowest BCUT2D eigenvalue weighted by molar-refractivity contribution is -0.126. The van der Waals surface area contributed by atoms with E-state index in [-0.39, 0.29) is 4.88 Å². The number of hydrogen-bond acceptors (Lipinski definition) is 6. The smallest absolute Gasteiger partial charge is 0.356 e. The molecule has 1 fully saturated rings. The Kier molecular flexibility index (Phi) is 8.24. The third-order valence-electron chi connectivity index (χ3n) is 6.49. The highest BCUT2D eigenvalue weighted by atomic mass is 32.1. The van der Waals surface area contributed by atoms with Gasteiger partial charge >= 0.3 is 6.18 Å². The molecule has 186 valence electrons. The fourth-order valence-electron chi connectivity index (χ4n) is 4.64. The number of thiophene rings is 1. The summed E-state index contributed by atoms with van der Waals surface area (Å²) < 4.78 is 38.9. The Morgan fingerprint density at radius 3 is 2.57 bits per heavy atom. The molecule has 2 aromatic heterocycles. The van der Waals surface area contributed by atoms with E-state index >= 15 is 0 Å². The van der Waals surface area contributed by atoms with Gasteiger partial charge in [0.15, 0.2) is 0 Å². The van der Waals surface area contributed by atoms with Gasteiger partial charge in [0.1, 0.15) is 17.0 Å². The van der Waals surface area contributed by atoms with Gasteiger partial charge in [0, 0.05) is 24.5 Å². The number of likely N-dealkylation sites (tertiary alicyclic amines) is 1. The average molecular weight is 502 g/mol. The molecule has 0 amide bonds. The number of nitrogens with zero attached hydrogens (tertiary/aromatic N) is 5. The van der Waals surface area contributed by atoms with Crippen molar-refractivity contribution in [2.75, 3.05) is 31.1 Å². The number of fused-ring (bicyclic) bond motifs is 1. The molecule has 1 aliphatic heterocycles. The van der Waals surface area contributed by atoms with Crippen LogP contribution in [0.15, 0.2) is 36.7 Å². The van der Waals surface area contributed by atoms with Gasteiger partial charge in [0.25, 0.3) is 0 Å². The number of hydrogen-bond donors (Lipinski definition) is 0. The minimum absolute atomic E-state index is 0.279. The van der Waals surface area contributed by atoms with E-state index in [9.17, 15) is 13.2 Å². The Balaban J connectivity index is 1.42. The quantitative estimate of drug-likeness (QED) is 0.350. The molecule has 0 N–H and O–H groups in total. The molecule has 35 heavy (non-hydrogen) atoms. The zero-order chi connectivity index (χ0) is 24.8. The average Bonchev–Trinajstić information content (AvgIpc) is 3.24. The van der Waals surface area contributed by atoms with Crippen molar-refractivity contribution in [3.05, 3.63) is 52.7 Å². The third kappa shape index (κ3) is 6.92. The summed E-state index contributed by atoms with van der Waals surface area (Å²) >= 11 is 1.11. The Morgan fingerprint density at radius 1 is 1.17 bits per heavy atom. The molecule has 0 bridgehead atoms. The van der Waals surface area contributed by atoms with Gasteiger partial charge in [-0.1, -0.05) is 25.5 Å². The molecule has 3 heterocycles. The highest BCUT2D eigenvalue weighted by Gasteiger charge is 2.29. The standard InChI is InChI=1S/C26H30F3N5S/c1-2-3-10-34(24-23-13-22(14-26(27,28)29)35-25(23)32-18-31-24)17-21-8-11-33(12-9-21)16-20-6-4-19(15-30)5-7-20/h4-7,13,18,21H,2-3,8-12,14,16-17H2,1H3. The van der Waals surface area contributed by atoms with E-state index in [2.05, 4.69) is 32.8 Å². The summed E-state index contributed by atoms with van der Waals surface area (Å²) in [7, 11) is 0. The van der Waals surface area contributed by atoms with Crippen LogP contribution in [0.1, 0.15) is 48.6 Å². The van der Waals surface area contributed by atoms with Crippen molar-refractivity contribution in [3.63, 3.8) is 0 Å². The molecule has 1 aromatic carbocycles. The molecule has 0 atom stereocenters. The van der Waals surface area contributed by atoms with Crippen molar-refractivity contribution in [2.45, 2.75) is 51.7 Å². The van der Waals surface area contributed by atoms with Crippen LogP contribution in [0.3, 0.4) is 0 Å². The van der Waals surface area contributed by atoms with Crippen molar-refractivity contribution < 1.29 is 13.2 Å². The van der Waals surface area contributed by atoms with E-state index in [1.807, 2.05) is 24.3 Å². The first-order chi connectivity index (χ1) is 16.8. The number of piperidine rings is 1. The molecule has 4 rings (SSSR count). The first-order valence-corrected chi connectivity index (χ1v) is 12.9. The first kappa shape index (κ1) is 25.4. The maximum Gasteiger partial charge on any atom is 0.393 e. The first-order valence-electron chi connectivity index (χ1n) is 12.1. The number of anilines is 1. The number of halogens is 3. The zero-order valence-corrected chi connectivity index (χ0v) is 20.7. The summed E-state index contributed by atoms with van der Waals surface area (Å²) in [5, 5.41) is 9.70. The second kappa shape index (κ2) is 11.4. The lowest BCUT2D eigenvalue weighted by Crippen LogP contribution is -2.39. The third-order valence-corrected chi connectivity index (χ3v) is 7.53. The second-order valence-electron chi connectivity index (χ2n) is 9.25. The molecule has 0 spiro atoms. The van der Waals surface area contributed by atoms with E-state index in [0.717, 1.165) is 80.9 Å². The van der Waals surface area contributed by atoms with Crippen molar-refractivity contribution in [1.29, 1.82) is 5.26 Å². The van der Waals surface area contributed by atoms with Crippen LogP contribution in [-0.4, -0.2) is 47.2 Å². The number of benzene rings is 1. The van der Waals surface area contributed by atoms with Crippen LogP contribution >= 0.6 is 11.3 Å². The van der Waals surface area contributed by atoms with Crippen LogP contribution in [0.4, 0.5) is 19.0 Å². The summed E-state index contributed by atoms with van der Waals surface area (Å²) in [6, 6.07) is 11.5. The van der Waals surface area contributed by atoms with Crippen molar-refractivity contribution in [3.8, 4) is 6.07 Å². The molecule has 3 aromatic rings.